The lowest BCUT2D eigenvalue weighted by molar-refractivity contribution is -0.178. The van der Waals surface area contributed by atoms with Gasteiger partial charge in [-0.25, -0.2) is 0 Å². The zero-order valence-corrected chi connectivity index (χ0v) is 12.6. The number of hydrogen-bond acceptors (Lipinski definition) is 5. The average molecular weight is 271 g/mol. The summed E-state index contributed by atoms with van der Waals surface area (Å²) < 4.78 is 10.9. The molecule has 2 heterocycles. The Morgan fingerprint density at radius 2 is 1.84 bits per heavy atom. The third kappa shape index (κ3) is 2.95. The van der Waals surface area contributed by atoms with Crippen molar-refractivity contribution in [2.24, 2.45) is 5.73 Å². The van der Waals surface area contributed by atoms with Crippen molar-refractivity contribution in [3.8, 4) is 0 Å². The van der Waals surface area contributed by atoms with E-state index in [0.29, 0.717) is 12.6 Å². The normalized spacial score (nSPS) is 29.2. The second kappa shape index (κ2) is 6.50. The van der Waals surface area contributed by atoms with Crippen LogP contribution in [0.1, 0.15) is 26.2 Å². The van der Waals surface area contributed by atoms with Crippen molar-refractivity contribution < 1.29 is 9.47 Å². The van der Waals surface area contributed by atoms with Crippen LogP contribution >= 0.6 is 0 Å². The van der Waals surface area contributed by atoms with Crippen LogP contribution in [-0.2, 0) is 9.47 Å². The summed E-state index contributed by atoms with van der Waals surface area (Å²) in [5, 5.41) is 0. The fraction of sp³-hybridized carbons (Fsp3) is 1.00. The van der Waals surface area contributed by atoms with Crippen LogP contribution in [0.15, 0.2) is 0 Å². The molecule has 0 saturated carbocycles. The van der Waals surface area contributed by atoms with E-state index in [-0.39, 0.29) is 11.8 Å². The predicted molar refractivity (Wildman–Crippen MR) is 76.1 cm³/mol. The lowest BCUT2D eigenvalue weighted by atomic mass is 9.99. The first-order valence-electron chi connectivity index (χ1n) is 7.40. The van der Waals surface area contributed by atoms with E-state index in [1.807, 2.05) is 0 Å². The van der Waals surface area contributed by atoms with Gasteiger partial charge in [-0.15, -0.1) is 0 Å². The van der Waals surface area contributed by atoms with Crippen LogP contribution in [0.25, 0.3) is 0 Å². The second-order valence-corrected chi connectivity index (χ2v) is 6.00. The molecule has 2 aliphatic rings. The minimum absolute atomic E-state index is 0.238. The minimum Gasteiger partial charge on any atom is -0.354 e. The summed E-state index contributed by atoms with van der Waals surface area (Å²) in [6, 6.07) is 0.683. The number of rotatable bonds is 6. The summed E-state index contributed by atoms with van der Waals surface area (Å²) in [4.78, 5) is 5.08. The molecule has 0 aromatic carbocycles. The number of nitrogens with zero attached hydrogens (tertiary/aromatic N) is 2. The maximum atomic E-state index is 6.02. The zero-order valence-electron chi connectivity index (χ0n) is 12.6. The molecule has 0 aromatic heterocycles. The molecule has 2 rings (SSSR count). The van der Waals surface area contributed by atoms with Gasteiger partial charge in [0.15, 0.2) is 6.29 Å². The smallest absolute Gasteiger partial charge is 0.176 e. The highest BCUT2D eigenvalue weighted by atomic mass is 16.7. The molecule has 2 fully saturated rings. The average Bonchev–Trinajstić information content (AvgIpc) is 3.10. The Balaban J connectivity index is 2.00. The molecule has 2 aliphatic heterocycles. The number of nitrogens with two attached hydrogens (primary N) is 1. The van der Waals surface area contributed by atoms with Gasteiger partial charge in [0.1, 0.15) is 0 Å². The molecule has 0 spiro atoms. The molecule has 0 aliphatic carbocycles. The first-order valence-corrected chi connectivity index (χ1v) is 7.40. The van der Waals surface area contributed by atoms with Gasteiger partial charge in [0, 0.05) is 39.9 Å². The predicted octanol–water partition coefficient (Wildman–Crippen LogP) is 0.493. The van der Waals surface area contributed by atoms with Crippen molar-refractivity contribution >= 4 is 0 Å². The molecule has 2 atom stereocenters. The summed E-state index contributed by atoms with van der Waals surface area (Å²) in [7, 11) is 3.38. The highest BCUT2D eigenvalue weighted by Crippen LogP contribution is 2.29. The monoisotopic (exact) mass is 271 g/mol. The van der Waals surface area contributed by atoms with Crippen LogP contribution in [0.3, 0.4) is 0 Å². The highest BCUT2D eigenvalue weighted by molar-refractivity contribution is 4.97. The Labute approximate surface area is 117 Å². The molecule has 5 heteroatoms. The number of methoxy groups -OCH3 is 2. The van der Waals surface area contributed by atoms with E-state index in [4.69, 9.17) is 15.2 Å². The van der Waals surface area contributed by atoms with Gasteiger partial charge in [0.05, 0.1) is 5.54 Å². The number of hydrogen-bond donors (Lipinski definition) is 1. The zero-order chi connectivity index (χ0) is 13.9. The van der Waals surface area contributed by atoms with Crippen molar-refractivity contribution in [3.05, 3.63) is 0 Å². The summed E-state index contributed by atoms with van der Waals surface area (Å²) in [5.41, 5.74) is 5.78. The summed E-state index contributed by atoms with van der Waals surface area (Å²) in [6.45, 7) is 7.38. The Hall–Kier alpha value is -0.200. The Morgan fingerprint density at radius 3 is 2.37 bits per heavy atom. The standard InChI is InChI=1S/C14H29N3O2/c1-14(11-15,13(18-2)19-3)17-9-6-12(10-17)16-7-4-5-8-16/h12-13H,4-11,15H2,1-3H3. The van der Waals surface area contributed by atoms with E-state index in [9.17, 15) is 0 Å². The highest BCUT2D eigenvalue weighted by Gasteiger charge is 2.44. The Morgan fingerprint density at radius 1 is 1.21 bits per heavy atom. The topological polar surface area (TPSA) is 51.0 Å². The molecule has 5 nitrogen and oxygen atoms in total. The van der Waals surface area contributed by atoms with E-state index in [1.54, 1.807) is 14.2 Å². The van der Waals surface area contributed by atoms with Crippen LogP contribution in [0.5, 0.6) is 0 Å². The fourth-order valence-electron chi connectivity index (χ4n) is 3.59. The molecule has 2 N–H and O–H groups in total. The first-order chi connectivity index (χ1) is 9.15. The summed E-state index contributed by atoms with van der Waals surface area (Å²) in [5.74, 6) is 0. The van der Waals surface area contributed by atoms with Crippen molar-refractivity contribution in [2.75, 3.05) is 46.9 Å². The van der Waals surface area contributed by atoms with Gasteiger partial charge in [-0.2, -0.15) is 0 Å². The lowest BCUT2D eigenvalue weighted by Gasteiger charge is -2.42. The van der Waals surface area contributed by atoms with Crippen molar-refractivity contribution in [3.63, 3.8) is 0 Å². The molecule has 2 unspecified atom stereocenters. The molecule has 112 valence electrons. The van der Waals surface area contributed by atoms with Gasteiger partial charge >= 0.3 is 0 Å². The van der Waals surface area contributed by atoms with Crippen LogP contribution < -0.4 is 5.73 Å². The lowest BCUT2D eigenvalue weighted by Crippen LogP contribution is -2.60. The molecule has 0 bridgehead atoms. The number of ether oxygens (including phenoxy) is 2. The third-order valence-corrected chi connectivity index (χ3v) is 4.89. The molecule has 0 amide bonds. The van der Waals surface area contributed by atoms with E-state index in [0.717, 1.165) is 13.1 Å². The molecule has 2 saturated heterocycles. The third-order valence-electron chi connectivity index (χ3n) is 4.89. The molecular formula is C14H29N3O2. The van der Waals surface area contributed by atoms with Crippen molar-refractivity contribution in [1.29, 1.82) is 0 Å². The minimum atomic E-state index is -0.269. The second-order valence-electron chi connectivity index (χ2n) is 6.00. The largest absolute Gasteiger partial charge is 0.354 e. The SMILES string of the molecule is COC(OC)C(C)(CN)N1CCC(N2CCCC2)C1. The van der Waals surface area contributed by atoms with E-state index >= 15 is 0 Å². The number of likely N-dealkylation sites (tertiary alicyclic amines) is 2. The van der Waals surface area contributed by atoms with E-state index < -0.39 is 0 Å². The fourth-order valence-corrected chi connectivity index (χ4v) is 3.59. The maximum absolute atomic E-state index is 6.02. The van der Waals surface area contributed by atoms with Crippen LogP contribution in [0, 0.1) is 0 Å². The Bertz CT molecular complexity index is 280. The van der Waals surface area contributed by atoms with Crippen molar-refractivity contribution in [2.45, 2.75) is 44.1 Å². The molecular weight excluding hydrogens is 242 g/mol. The van der Waals surface area contributed by atoms with Gasteiger partial charge in [-0.05, 0) is 39.3 Å². The van der Waals surface area contributed by atoms with Crippen LogP contribution in [-0.4, -0.2) is 74.6 Å². The van der Waals surface area contributed by atoms with E-state index in [2.05, 4.69) is 16.7 Å². The summed E-state index contributed by atoms with van der Waals surface area (Å²) in [6.07, 6.45) is 3.66. The van der Waals surface area contributed by atoms with E-state index in [1.165, 1.54) is 32.4 Å². The van der Waals surface area contributed by atoms with Crippen molar-refractivity contribution in [1.82, 2.24) is 9.80 Å². The van der Waals surface area contributed by atoms with Gasteiger partial charge in [-0.1, -0.05) is 0 Å². The van der Waals surface area contributed by atoms with Crippen LogP contribution in [0.2, 0.25) is 0 Å². The quantitative estimate of drug-likeness (QED) is 0.713. The van der Waals surface area contributed by atoms with Gasteiger partial charge in [-0.3, -0.25) is 9.80 Å². The Kier molecular flexibility index (Phi) is 5.20. The first kappa shape index (κ1) is 15.2. The molecule has 19 heavy (non-hydrogen) atoms. The maximum Gasteiger partial charge on any atom is 0.176 e. The van der Waals surface area contributed by atoms with Gasteiger partial charge in [0.25, 0.3) is 0 Å². The molecule has 0 aromatic rings. The molecule has 0 radical (unpaired) electrons. The van der Waals surface area contributed by atoms with Gasteiger partial charge in [0.2, 0.25) is 0 Å². The van der Waals surface area contributed by atoms with Gasteiger partial charge < -0.3 is 15.2 Å². The summed E-state index contributed by atoms with van der Waals surface area (Å²) >= 11 is 0. The van der Waals surface area contributed by atoms with Crippen LogP contribution in [0.4, 0.5) is 0 Å².